The number of hydrogen-bond donors (Lipinski definition) is 0. The summed E-state index contributed by atoms with van der Waals surface area (Å²) in [6.45, 7) is 6.21. The van der Waals surface area contributed by atoms with Gasteiger partial charge in [0.05, 0.1) is 0 Å². The molecule has 0 heterocycles. The van der Waals surface area contributed by atoms with Crippen molar-refractivity contribution in [2.75, 3.05) is 0 Å². The molecule has 1 aromatic rings. The number of hydrogen-bond acceptors (Lipinski definition) is 1. The first-order chi connectivity index (χ1) is 8.77. The van der Waals surface area contributed by atoms with E-state index >= 15 is 0 Å². The normalized spacial score (nSPS) is 32.1. The SMILES string of the molecule is CC1(C)CCC[C@@]2(C)c3cc(F)c(F)cc3C(=O)[C@@H]12. The molecule has 0 radical (unpaired) electrons. The average Bonchev–Trinajstić information content (AvgIpc) is 2.50. The first kappa shape index (κ1) is 12.8. The molecule has 0 saturated heterocycles. The molecule has 1 fully saturated rings. The van der Waals surface area contributed by atoms with Crippen LogP contribution in [0.15, 0.2) is 12.1 Å². The fourth-order valence-electron chi connectivity index (χ4n) is 4.38. The Morgan fingerprint density at radius 2 is 1.74 bits per heavy atom. The second kappa shape index (κ2) is 3.65. The lowest BCUT2D eigenvalue weighted by Crippen LogP contribution is -2.44. The van der Waals surface area contributed by atoms with Gasteiger partial charge >= 0.3 is 0 Å². The van der Waals surface area contributed by atoms with Crippen molar-refractivity contribution in [1.82, 2.24) is 0 Å². The predicted molar refractivity (Wildman–Crippen MR) is 69.2 cm³/mol. The van der Waals surface area contributed by atoms with E-state index in [1.165, 1.54) is 6.07 Å². The minimum absolute atomic E-state index is 0.0129. The third-order valence-electron chi connectivity index (χ3n) is 5.14. The summed E-state index contributed by atoms with van der Waals surface area (Å²) < 4.78 is 27.0. The number of halogens is 2. The molecule has 1 aromatic carbocycles. The molecule has 3 heteroatoms. The zero-order valence-corrected chi connectivity index (χ0v) is 11.5. The first-order valence-electron chi connectivity index (χ1n) is 6.81. The van der Waals surface area contributed by atoms with E-state index in [1.807, 2.05) is 6.92 Å². The van der Waals surface area contributed by atoms with Crippen molar-refractivity contribution in [2.45, 2.75) is 45.4 Å². The molecule has 0 N–H and O–H groups in total. The minimum Gasteiger partial charge on any atom is -0.294 e. The van der Waals surface area contributed by atoms with Gasteiger partial charge in [-0.15, -0.1) is 0 Å². The van der Waals surface area contributed by atoms with Gasteiger partial charge in [0.15, 0.2) is 17.4 Å². The van der Waals surface area contributed by atoms with Crippen LogP contribution in [0, 0.1) is 23.0 Å². The first-order valence-corrected chi connectivity index (χ1v) is 6.81. The van der Waals surface area contributed by atoms with Crippen LogP contribution in [0.1, 0.15) is 56.0 Å². The van der Waals surface area contributed by atoms with Gasteiger partial charge in [-0.2, -0.15) is 0 Å². The van der Waals surface area contributed by atoms with Crippen molar-refractivity contribution in [3.63, 3.8) is 0 Å². The van der Waals surface area contributed by atoms with E-state index in [1.54, 1.807) is 0 Å². The third kappa shape index (κ3) is 1.53. The van der Waals surface area contributed by atoms with Crippen LogP contribution in [0.5, 0.6) is 0 Å². The van der Waals surface area contributed by atoms with Crippen LogP contribution in [0.3, 0.4) is 0 Å². The molecular weight excluding hydrogens is 246 g/mol. The molecule has 3 rings (SSSR count). The van der Waals surface area contributed by atoms with Crippen LogP contribution in [0.4, 0.5) is 8.78 Å². The molecule has 1 nitrogen and oxygen atoms in total. The molecule has 19 heavy (non-hydrogen) atoms. The molecule has 0 amide bonds. The highest BCUT2D eigenvalue weighted by atomic mass is 19.2. The maximum atomic E-state index is 13.5. The summed E-state index contributed by atoms with van der Waals surface area (Å²) in [5.74, 6) is -1.95. The van der Waals surface area contributed by atoms with Gasteiger partial charge in [0.1, 0.15) is 0 Å². The van der Waals surface area contributed by atoms with E-state index < -0.39 is 11.6 Å². The standard InChI is InChI=1S/C16H18F2O/c1-15(2)5-4-6-16(3)10-8-12(18)11(17)7-9(10)13(19)14(15)16/h7-8,14H,4-6H2,1-3H3/t14-,16-/m0/s1. The average molecular weight is 264 g/mol. The lowest BCUT2D eigenvalue weighted by molar-refractivity contribution is 0.0500. The molecule has 102 valence electrons. The van der Waals surface area contributed by atoms with E-state index in [2.05, 4.69) is 13.8 Å². The van der Waals surface area contributed by atoms with Gasteiger partial charge < -0.3 is 0 Å². The topological polar surface area (TPSA) is 17.1 Å². The fourth-order valence-corrected chi connectivity index (χ4v) is 4.38. The van der Waals surface area contributed by atoms with Crippen molar-refractivity contribution in [3.8, 4) is 0 Å². The summed E-state index contributed by atoms with van der Waals surface area (Å²) in [7, 11) is 0. The highest BCUT2D eigenvalue weighted by molar-refractivity contribution is 6.04. The number of benzene rings is 1. The molecule has 1 saturated carbocycles. The molecule has 0 aromatic heterocycles. The monoisotopic (exact) mass is 264 g/mol. The second-order valence-electron chi connectivity index (χ2n) is 6.87. The van der Waals surface area contributed by atoms with Crippen LogP contribution in [-0.2, 0) is 5.41 Å². The number of Topliss-reactive ketones (excluding diaryl/α,β-unsaturated/α-hetero) is 1. The number of rotatable bonds is 0. The summed E-state index contributed by atoms with van der Waals surface area (Å²) in [5.41, 5.74) is 0.634. The lowest BCUT2D eigenvalue weighted by atomic mass is 9.56. The highest BCUT2D eigenvalue weighted by Gasteiger charge is 2.56. The van der Waals surface area contributed by atoms with Crippen LogP contribution in [0.2, 0.25) is 0 Å². The molecular formula is C16H18F2O. The molecule has 2 aliphatic rings. The van der Waals surface area contributed by atoms with E-state index in [0.29, 0.717) is 11.1 Å². The Morgan fingerprint density at radius 3 is 2.42 bits per heavy atom. The zero-order valence-electron chi connectivity index (χ0n) is 11.5. The summed E-state index contributed by atoms with van der Waals surface area (Å²) >= 11 is 0. The second-order valence-corrected chi connectivity index (χ2v) is 6.87. The van der Waals surface area contributed by atoms with Crippen LogP contribution in [-0.4, -0.2) is 5.78 Å². The summed E-state index contributed by atoms with van der Waals surface area (Å²) in [4.78, 5) is 12.6. The predicted octanol–water partition coefficient (Wildman–Crippen LogP) is 4.25. The van der Waals surface area contributed by atoms with Gasteiger partial charge in [-0.1, -0.05) is 27.2 Å². The number of ketones is 1. The van der Waals surface area contributed by atoms with Crippen LogP contribution >= 0.6 is 0 Å². The Labute approximate surface area is 112 Å². The largest absolute Gasteiger partial charge is 0.294 e. The minimum atomic E-state index is -0.924. The third-order valence-corrected chi connectivity index (χ3v) is 5.14. The van der Waals surface area contributed by atoms with Crippen molar-refractivity contribution >= 4 is 5.78 Å². The summed E-state index contributed by atoms with van der Waals surface area (Å²) in [6, 6.07) is 2.33. The molecule has 2 aliphatic carbocycles. The van der Waals surface area contributed by atoms with Gasteiger partial charge in [0.2, 0.25) is 0 Å². The van der Waals surface area contributed by atoms with Gasteiger partial charge in [0.25, 0.3) is 0 Å². The molecule has 0 aliphatic heterocycles. The Morgan fingerprint density at radius 1 is 1.11 bits per heavy atom. The lowest BCUT2D eigenvalue weighted by Gasteiger charge is -2.46. The zero-order chi connectivity index (χ0) is 14.0. The van der Waals surface area contributed by atoms with Crippen LogP contribution in [0.25, 0.3) is 0 Å². The number of fused-ring (bicyclic) bond motifs is 3. The van der Waals surface area contributed by atoms with Gasteiger partial charge in [-0.25, -0.2) is 8.78 Å². The van der Waals surface area contributed by atoms with Gasteiger partial charge in [0, 0.05) is 16.9 Å². The van der Waals surface area contributed by atoms with E-state index in [-0.39, 0.29) is 22.5 Å². The quantitative estimate of drug-likeness (QED) is 0.684. The van der Waals surface area contributed by atoms with Crippen molar-refractivity contribution in [1.29, 1.82) is 0 Å². The molecule has 0 bridgehead atoms. The Hall–Kier alpha value is -1.25. The maximum absolute atomic E-state index is 13.5. The summed E-state index contributed by atoms with van der Waals surface area (Å²) in [6.07, 6.45) is 2.87. The molecule has 2 atom stereocenters. The van der Waals surface area contributed by atoms with Gasteiger partial charge in [-0.05, 0) is 36.0 Å². The van der Waals surface area contributed by atoms with E-state index in [9.17, 15) is 13.6 Å². The van der Waals surface area contributed by atoms with Crippen molar-refractivity contribution < 1.29 is 13.6 Å². The smallest absolute Gasteiger partial charge is 0.167 e. The number of carbonyl (C=O) groups is 1. The summed E-state index contributed by atoms with van der Waals surface area (Å²) in [5, 5.41) is 0. The van der Waals surface area contributed by atoms with E-state index in [4.69, 9.17) is 0 Å². The Kier molecular flexibility index (Phi) is 2.45. The Balaban J connectivity index is 2.25. The molecule has 0 spiro atoms. The maximum Gasteiger partial charge on any atom is 0.167 e. The highest BCUT2D eigenvalue weighted by Crippen LogP contribution is 2.58. The number of carbonyl (C=O) groups excluding carboxylic acids is 1. The van der Waals surface area contributed by atoms with Crippen molar-refractivity contribution in [2.24, 2.45) is 11.3 Å². The molecule has 0 unspecified atom stereocenters. The van der Waals surface area contributed by atoms with Gasteiger partial charge in [-0.3, -0.25) is 4.79 Å². The van der Waals surface area contributed by atoms with E-state index in [0.717, 1.165) is 25.3 Å². The Bertz CT molecular complexity index is 576. The fraction of sp³-hybridized carbons (Fsp3) is 0.562. The van der Waals surface area contributed by atoms with Crippen molar-refractivity contribution in [3.05, 3.63) is 34.9 Å². The van der Waals surface area contributed by atoms with Crippen LogP contribution < -0.4 is 0 Å².